The minimum atomic E-state index is -0.605. The molecule has 0 unspecified atom stereocenters. The SMILES string of the molecule is CCN(C[C@@H](C)C#N)C(=O)[C@H](OC)c1ccccc1. The van der Waals surface area contributed by atoms with E-state index in [1.807, 2.05) is 37.3 Å². The lowest BCUT2D eigenvalue weighted by atomic mass is 10.1. The summed E-state index contributed by atoms with van der Waals surface area (Å²) in [7, 11) is 1.52. The Morgan fingerprint density at radius 1 is 1.42 bits per heavy atom. The lowest BCUT2D eigenvalue weighted by Crippen LogP contribution is -2.38. The van der Waals surface area contributed by atoms with Crippen LogP contribution in [0.2, 0.25) is 0 Å². The first-order chi connectivity index (χ1) is 9.13. The van der Waals surface area contributed by atoms with Gasteiger partial charge in [-0.25, -0.2) is 0 Å². The molecule has 0 aliphatic rings. The van der Waals surface area contributed by atoms with Gasteiger partial charge in [-0.2, -0.15) is 5.26 Å². The molecular weight excluding hydrogens is 240 g/mol. The summed E-state index contributed by atoms with van der Waals surface area (Å²) >= 11 is 0. The summed E-state index contributed by atoms with van der Waals surface area (Å²) in [5.74, 6) is -0.282. The topological polar surface area (TPSA) is 53.3 Å². The van der Waals surface area contributed by atoms with E-state index in [2.05, 4.69) is 6.07 Å². The monoisotopic (exact) mass is 260 g/mol. The third kappa shape index (κ3) is 4.08. The minimum absolute atomic E-state index is 0.0988. The number of hydrogen-bond donors (Lipinski definition) is 0. The average Bonchev–Trinajstić information content (AvgIpc) is 2.46. The Morgan fingerprint density at radius 2 is 2.05 bits per heavy atom. The van der Waals surface area contributed by atoms with E-state index in [0.29, 0.717) is 13.1 Å². The zero-order valence-corrected chi connectivity index (χ0v) is 11.7. The molecule has 2 atom stereocenters. The highest BCUT2D eigenvalue weighted by atomic mass is 16.5. The van der Waals surface area contributed by atoms with Crippen molar-refractivity contribution < 1.29 is 9.53 Å². The van der Waals surface area contributed by atoms with Crippen molar-refractivity contribution in [3.63, 3.8) is 0 Å². The highest BCUT2D eigenvalue weighted by Gasteiger charge is 2.25. The van der Waals surface area contributed by atoms with Crippen LogP contribution in [0.25, 0.3) is 0 Å². The lowest BCUT2D eigenvalue weighted by Gasteiger charge is -2.26. The fraction of sp³-hybridized carbons (Fsp3) is 0.467. The first kappa shape index (κ1) is 15.2. The van der Waals surface area contributed by atoms with Crippen LogP contribution in [0.4, 0.5) is 0 Å². The summed E-state index contributed by atoms with van der Waals surface area (Å²) in [5, 5.41) is 8.85. The highest BCUT2D eigenvalue weighted by molar-refractivity contribution is 5.82. The summed E-state index contributed by atoms with van der Waals surface area (Å²) in [6, 6.07) is 11.5. The molecule has 1 rings (SSSR count). The summed E-state index contributed by atoms with van der Waals surface area (Å²) in [4.78, 5) is 14.1. The van der Waals surface area contributed by atoms with Gasteiger partial charge in [0.05, 0.1) is 12.0 Å². The number of hydrogen-bond acceptors (Lipinski definition) is 3. The maximum atomic E-state index is 12.4. The summed E-state index contributed by atoms with van der Waals surface area (Å²) in [6.45, 7) is 4.70. The average molecular weight is 260 g/mol. The van der Waals surface area contributed by atoms with E-state index in [9.17, 15) is 4.79 Å². The number of amides is 1. The zero-order valence-electron chi connectivity index (χ0n) is 11.7. The van der Waals surface area contributed by atoms with Crippen molar-refractivity contribution in [2.45, 2.75) is 20.0 Å². The largest absolute Gasteiger partial charge is 0.367 e. The van der Waals surface area contributed by atoms with Crippen LogP contribution in [-0.2, 0) is 9.53 Å². The molecule has 0 bridgehead atoms. The Labute approximate surface area is 114 Å². The van der Waals surface area contributed by atoms with Gasteiger partial charge in [-0.3, -0.25) is 4.79 Å². The Morgan fingerprint density at radius 3 is 2.53 bits per heavy atom. The standard InChI is InChI=1S/C15H20N2O2/c1-4-17(11-12(2)10-16)15(18)14(19-3)13-8-6-5-7-9-13/h5-9,12,14H,4,11H2,1-3H3/t12-,14+/m0/s1. The molecule has 0 aliphatic heterocycles. The second-order valence-corrected chi connectivity index (χ2v) is 4.43. The lowest BCUT2D eigenvalue weighted by molar-refractivity contribution is -0.142. The van der Waals surface area contributed by atoms with Crippen LogP contribution in [0.15, 0.2) is 30.3 Å². The van der Waals surface area contributed by atoms with Crippen LogP contribution in [-0.4, -0.2) is 31.0 Å². The molecule has 1 aromatic rings. The Bertz CT molecular complexity index is 439. The van der Waals surface area contributed by atoms with Crippen molar-refractivity contribution >= 4 is 5.91 Å². The minimum Gasteiger partial charge on any atom is -0.367 e. The molecule has 0 heterocycles. The molecule has 0 saturated heterocycles. The molecule has 0 saturated carbocycles. The number of ether oxygens (including phenoxy) is 1. The second-order valence-electron chi connectivity index (χ2n) is 4.43. The number of methoxy groups -OCH3 is 1. The van der Waals surface area contributed by atoms with Crippen LogP contribution in [0.5, 0.6) is 0 Å². The summed E-state index contributed by atoms with van der Waals surface area (Å²) in [5.41, 5.74) is 0.832. The smallest absolute Gasteiger partial charge is 0.256 e. The molecule has 1 aromatic carbocycles. The molecule has 4 nitrogen and oxygen atoms in total. The van der Waals surface area contributed by atoms with E-state index in [1.165, 1.54) is 7.11 Å². The maximum absolute atomic E-state index is 12.4. The van der Waals surface area contributed by atoms with Crippen LogP contribution in [0.3, 0.4) is 0 Å². The summed E-state index contributed by atoms with van der Waals surface area (Å²) in [6.07, 6.45) is -0.605. The van der Waals surface area contributed by atoms with Crippen LogP contribution >= 0.6 is 0 Å². The van der Waals surface area contributed by atoms with Crippen molar-refractivity contribution in [2.24, 2.45) is 5.92 Å². The first-order valence-electron chi connectivity index (χ1n) is 6.40. The number of carbonyl (C=O) groups excluding carboxylic acids is 1. The van der Waals surface area contributed by atoms with Gasteiger partial charge in [-0.15, -0.1) is 0 Å². The van der Waals surface area contributed by atoms with Crippen molar-refractivity contribution in [3.05, 3.63) is 35.9 Å². The predicted octanol–water partition coefficient (Wildman–Crippen LogP) is 2.38. The number of carbonyl (C=O) groups is 1. The second kappa shape index (κ2) is 7.55. The van der Waals surface area contributed by atoms with Crippen molar-refractivity contribution in [1.29, 1.82) is 5.26 Å². The van der Waals surface area contributed by atoms with Gasteiger partial charge in [0.15, 0.2) is 6.10 Å². The first-order valence-corrected chi connectivity index (χ1v) is 6.40. The van der Waals surface area contributed by atoms with Gasteiger partial charge in [-0.1, -0.05) is 30.3 Å². The summed E-state index contributed by atoms with van der Waals surface area (Å²) < 4.78 is 5.32. The third-order valence-electron chi connectivity index (χ3n) is 2.97. The van der Waals surface area contributed by atoms with Gasteiger partial charge in [0, 0.05) is 20.2 Å². The van der Waals surface area contributed by atoms with Crippen molar-refractivity contribution in [2.75, 3.05) is 20.2 Å². The fourth-order valence-electron chi connectivity index (χ4n) is 1.92. The highest BCUT2D eigenvalue weighted by Crippen LogP contribution is 2.19. The quantitative estimate of drug-likeness (QED) is 0.789. The van der Waals surface area contributed by atoms with Crippen molar-refractivity contribution in [1.82, 2.24) is 4.90 Å². The molecule has 0 fully saturated rings. The molecule has 0 spiro atoms. The van der Waals surface area contributed by atoms with Crippen molar-refractivity contribution in [3.8, 4) is 6.07 Å². The third-order valence-corrected chi connectivity index (χ3v) is 2.97. The fourth-order valence-corrected chi connectivity index (χ4v) is 1.92. The van der Waals surface area contributed by atoms with E-state index >= 15 is 0 Å². The maximum Gasteiger partial charge on any atom is 0.256 e. The van der Waals surface area contributed by atoms with E-state index in [1.54, 1.807) is 11.8 Å². The Kier molecular flexibility index (Phi) is 6.04. The number of nitrogens with zero attached hydrogens (tertiary/aromatic N) is 2. The molecular formula is C15H20N2O2. The van der Waals surface area contributed by atoms with Gasteiger partial charge >= 0.3 is 0 Å². The van der Waals surface area contributed by atoms with E-state index < -0.39 is 6.10 Å². The number of nitriles is 1. The molecule has 0 radical (unpaired) electrons. The van der Waals surface area contributed by atoms with Gasteiger partial charge < -0.3 is 9.64 Å². The molecule has 19 heavy (non-hydrogen) atoms. The number of rotatable bonds is 6. The normalized spacial score (nSPS) is 13.4. The van der Waals surface area contributed by atoms with Gasteiger partial charge in [0.2, 0.25) is 0 Å². The van der Waals surface area contributed by atoms with Gasteiger partial charge in [-0.05, 0) is 19.4 Å². The van der Waals surface area contributed by atoms with E-state index in [-0.39, 0.29) is 11.8 Å². The number of likely N-dealkylation sites (N-methyl/N-ethyl adjacent to an activating group) is 1. The Hall–Kier alpha value is -1.86. The van der Waals surface area contributed by atoms with E-state index in [4.69, 9.17) is 10.00 Å². The van der Waals surface area contributed by atoms with Gasteiger partial charge in [0.1, 0.15) is 0 Å². The molecule has 102 valence electrons. The predicted molar refractivity (Wildman–Crippen MR) is 73.2 cm³/mol. The van der Waals surface area contributed by atoms with Gasteiger partial charge in [0.25, 0.3) is 5.91 Å². The molecule has 1 amide bonds. The molecule has 0 N–H and O–H groups in total. The molecule has 4 heteroatoms. The zero-order chi connectivity index (χ0) is 14.3. The molecule has 0 aromatic heterocycles. The Balaban J connectivity index is 2.86. The van der Waals surface area contributed by atoms with Crippen LogP contribution < -0.4 is 0 Å². The van der Waals surface area contributed by atoms with Crippen LogP contribution in [0, 0.1) is 17.2 Å². The van der Waals surface area contributed by atoms with E-state index in [0.717, 1.165) is 5.56 Å². The number of benzene rings is 1. The molecule has 0 aliphatic carbocycles. The van der Waals surface area contributed by atoms with Crippen LogP contribution in [0.1, 0.15) is 25.5 Å².